The summed E-state index contributed by atoms with van der Waals surface area (Å²) in [5.41, 5.74) is 7.33. The Kier molecular flexibility index (Phi) is 5.33. The minimum absolute atomic E-state index is 0.128. The molecule has 1 aromatic carbocycles. The number of nitrogens with two attached hydrogens (primary N) is 1. The highest BCUT2D eigenvalue weighted by Gasteiger charge is 2.07. The predicted octanol–water partition coefficient (Wildman–Crippen LogP) is 3.52. The summed E-state index contributed by atoms with van der Waals surface area (Å²) in [5, 5.41) is 0. The molecule has 16 heavy (non-hydrogen) atoms. The zero-order valence-electron chi connectivity index (χ0n) is 10.6. The fraction of sp³-hybridized carbons (Fsp3) is 0.571. The zero-order chi connectivity index (χ0) is 12.0. The Morgan fingerprint density at radius 3 is 2.62 bits per heavy atom. The lowest BCUT2D eigenvalue weighted by Crippen LogP contribution is -2.11. The van der Waals surface area contributed by atoms with E-state index < -0.39 is 0 Å². The molecule has 0 spiro atoms. The number of rotatable bonds is 6. The standard InChI is InChI=1S/C14H23NO/c1-4-16-13-7-5-6-12(10-13)14(15)9-8-11(2)3/h5-7,10-11,14H,4,8-9,15H2,1-3H3/t14-/m1/s1. The van der Waals surface area contributed by atoms with Crippen molar-refractivity contribution in [3.63, 3.8) is 0 Å². The van der Waals surface area contributed by atoms with Crippen LogP contribution in [0.25, 0.3) is 0 Å². The van der Waals surface area contributed by atoms with Crippen LogP contribution in [0.5, 0.6) is 5.75 Å². The first-order chi connectivity index (χ1) is 7.63. The van der Waals surface area contributed by atoms with Crippen molar-refractivity contribution in [1.29, 1.82) is 0 Å². The van der Waals surface area contributed by atoms with Gasteiger partial charge in [-0.25, -0.2) is 0 Å². The second-order valence-electron chi connectivity index (χ2n) is 4.58. The molecule has 2 heteroatoms. The van der Waals surface area contributed by atoms with Gasteiger partial charge in [0, 0.05) is 6.04 Å². The summed E-state index contributed by atoms with van der Waals surface area (Å²) in [7, 11) is 0. The van der Waals surface area contributed by atoms with Gasteiger partial charge in [-0.1, -0.05) is 26.0 Å². The largest absolute Gasteiger partial charge is 0.494 e. The fourth-order valence-electron chi connectivity index (χ4n) is 1.68. The van der Waals surface area contributed by atoms with Gasteiger partial charge in [0.05, 0.1) is 6.61 Å². The summed E-state index contributed by atoms with van der Waals surface area (Å²) in [6.07, 6.45) is 2.20. The minimum atomic E-state index is 0.128. The van der Waals surface area contributed by atoms with Crippen molar-refractivity contribution in [2.24, 2.45) is 11.7 Å². The summed E-state index contributed by atoms with van der Waals surface area (Å²) in [5.74, 6) is 1.63. The number of hydrogen-bond acceptors (Lipinski definition) is 2. The Bertz CT molecular complexity index is 309. The molecule has 0 saturated carbocycles. The third-order valence-electron chi connectivity index (χ3n) is 2.65. The number of hydrogen-bond donors (Lipinski definition) is 1. The minimum Gasteiger partial charge on any atom is -0.494 e. The van der Waals surface area contributed by atoms with Gasteiger partial charge in [0.1, 0.15) is 5.75 Å². The monoisotopic (exact) mass is 221 g/mol. The highest BCUT2D eigenvalue weighted by molar-refractivity contribution is 5.30. The highest BCUT2D eigenvalue weighted by Crippen LogP contribution is 2.22. The van der Waals surface area contributed by atoms with Gasteiger partial charge in [-0.2, -0.15) is 0 Å². The molecule has 0 fully saturated rings. The Morgan fingerprint density at radius 2 is 2.00 bits per heavy atom. The number of ether oxygens (including phenoxy) is 1. The van der Waals surface area contributed by atoms with E-state index in [1.807, 2.05) is 19.1 Å². The summed E-state index contributed by atoms with van der Waals surface area (Å²) >= 11 is 0. The molecule has 0 radical (unpaired) electrons. The van der Waals surface area contributed by atoms with Gasteiger partial charge in [0.25, 0.3) is 0 Å². The summed E-state index contributed by atoms with van der Waals surface area (Å²) in [6.45, 7) is 7.14. The number of benzene rings is 1. The van der Waals surface area contributed by atoms with Crippen LogP contribution in [-0.2, 0) is 0 Å². The highest BCUT2D eigenvalue weighted by atomic mass is 16.5. The molecule has 1 atom stereocenters. The molecule has 1 aromatic rings. The third kappa shape index (κ3) is 4.23. The first kappa shape index (κ1) is 13.0. The van der Waals surface area contributed by atoms with E-state index in [9.17, 15) is 0 Å². The van der Waals surface area contributed by atoms with E-state index in [2.05, 4.69) is 26.0 Å². The molecule has 2 nitrogen and oxygen atoms in total. The van der Waals surface area contributed by atoms with Crippen LogP contribution in [0, 0.1) is 5.92 Å². The lowest BCUT2D eigenvalue weighted by molar-refractivity contribution is 0.339. The molecule has 0 unspecified atom stereocenters. The van der Waals surface area contributed by atoms with Crippen LogP contribution < -0.4 is 10.5 Å². The maximum atomic E-state index is 6.15. The Morgan fingerprint density at radius 1 is 1.25 bits per heavy atom. The maximum Gasteiger partial charge on any atom is 0.119 e. The van der Waals surface area contributed by atoms with Gasteiger partial charge in [0.2, 0.25) is 0 Å². The van der Waals surface area contributed by atoms with Crippen molar-refractivity contribution in [3.8, 4) is 5.75 Å². The predicted molar refractivity (Wildman–Crippen MR) is 68.6 cm³/mol. The second-order valence-corrected chi connectivity index (χ2v) is 4.58. The molecule has 0 aromatic heterocycles. The van der Waals surface area contributed by atoms with Crippen molar-refractivity contribution in [2.45, 2.75) is 39.7 Å². The van der Waals surface area contributed by atoms with E-state index in [-0.39, 0.29) is 6.04 Å². The van der Waals surface area contributed by atoms with E-state index >= 15 is 0 Å². The molecule has 0 aliphatic carbocycles. The van der Waals surface area contributed by atoms with E-state index in [0.717, 1.165) is 12.2 Å². The summed E-state index contributed by atoms with van der Waals surface area (Å²) < 4.78 is 5.47. The van der Waals surface area contributed by atoms with Crippen molar-refractivity contribution < 1.29 is 4.74 Å². The average Bonchev–Trinajstić information content (AvgIpc) is 2.26. The molecular formula is C14H23NO. The smallest absolute Gasteiger partial charge is 0.119 e. The van der Waals surface area contributed by atoms with Gasteiger partial charge < -0.3 is 10.5 Å². The van der Waals surface area contributed by atoms with Gasteiger partial charge in [-0.3, -0.25) is 0 Å². The van der Waals surface area contributed by atoms with Crippen LogP contribution in [-0.4, -0.2) is 6.61 Å². The van der Waals surface area contributed by atoms with Crippen LogP contribution >= 0.6 is 0 Å². The van der Waals surface area contributed by atoms with E-state index in [0.29, 0.717) is 12.5 Å². The third-order valence-corrected chi connectivity index (χ3v) is 2.65. The van der Waals surface area contributed by atoms with Crippen LogP contribution in [0.2, 0.25) is 0 Å². The molecule has 0 bridgehead atoms. The van der Waals surface area contributed by atoms with Crippen molar-refractivity contribution in [2.75, 3.05) is 6.61 Å². The Balaban J connectivity index is 2.60. The zero-order valence-corrected chi connectivity index (χ0v) is 10.6. The van der Waals surface area contributed by atoms with Crippen molar-refractivity contribution in [3.05, 3.63) is 29.8 Å². The molecule has 0 heterocycles. The fourth-order valence-corrected chi connectivity index (χ4v) is 1.68. The van der Waals surface area contributed by atoms with E-state index in [4.69, 9.17) is 10.5 Å². The molecule has 0 amide bonds. The lowest BCUT2D eigenvalue weighted by Gasteiger charge is -2.14. The van der Waals surface area contributed by atoms with E-state index in [1.54, 1.807) is 0 Å². The second kappa shape index (κ2) is 6.54. The van der Waals surface area contributed by atoms with Crippen LogP contribution in [0.4, 0.5) is 0 Å². The maximum absolute atomic E-state index is 6.15. The molecule has 1 rings (SSSR count). The van der Waals surface area contributed by atoms with Gasteiger partial charge in [-0.15, -0.1) is 0 Å². The van der Waals surface area contributed by atoms with Crippen molar-refractivity contribution >= 4 is 0 Å². The van der Waals surface area contributed by atoms with Gasteiger partial charge in [0.15, 0.2) is 0 Å². The topological polar surface area (TPSA) is 35.2 Å². The quantitative estimate of drug-likeness (QED) is 0.797. The van der Waals surface area contributed by atoms with E-state index in [1.165, 1.54) is 12.0 Å². The Hall–Kier alpha value is -1.02. The Labute approximate surface area is 98.8 Å². The SMILES string of the molecule is CCOc1cccc([C@H](N)CCC(C)C)c1. The van der Waals surface area contributed by atoms with Crippen LogP contribution in [0.3, 0.4) is 0 Å². The molecule has 2 N–H and O–H groups in total. The van der Waals surface area contributed by atoms with Crippen LogP contribution in [0.15, 0.2) is 24.3 Å². The molecule has 0 aliphatic rings. The normalized spacial score (nSPS) is 12.8. The molecule has 0 saturated heterocycles. The van der Waals surface area contributed by atoms with Crippen LogP contribution in [0.1, 0.15) is 45.2 Å². The van der Waals surface area contributed by atoms with Gasteiger partial charge >= 0.3 is 0 Å². The molecule has 0 aliphatic heterocycles. The first-order valence-corrected chi connectivity index (χ1v) is 6.11. The summed E-state index contributed by atoms with van der Waals surface area (Å²) in [6, 6.07) is 8.24. The van der Waals surface area contributed by atoms with Gasteiger partial charge in [-0.05, 0) is 43.4 Å². The average molecular weight is 221 g/mol. The lowest BCUT2D eigenvalue weighted by atomic mass is 9.98. The van der Waals surface area contributed by atoms with Crippen molar-refractivity contribution in [1.82, 2.24) is 0 Å². The summed E-state index contributed by atoms with van der Waals surface area (Å²) in [4.78, 5) is 0. The first-order valence-electron chi connectivity index (χ1n) is 6.11. The molecule has 90 valence electrons. The molecular weight excluding hydrogens is 198 g/mol.